The average Bonchev–Trinajstić information content (AvgIpc) is 1.68. The van der Waals surface area contributed by atoms with Crippen LogP contribution in [-0.4, -0.2) is 114 Å². The van der Waals surface area contributed by atoms with Gasteiger partial charge in [-0.25, -0.2) is 9.97 Å². The van der Waals surface area contributed by atoms with Gasteiger partial charge in [0.05, 0.1) is 106 Å². The molecule has 0 bridgehead atoms. The largest absolute Gasteiger partial charge is 0.495 e. The Bertz CT molecular complexity index is 6860. The monoisotopic (exact) mass is 1730 g/mol. The molecule has 662 valence electrons. The molecule has 0 saturated heterocycles. The van der Waals surface area contributed by atoms with Gasteiger partial charge in [-0.1, -0.05) is 145 Å². The number of H-pyrrole nitrogens is 1. The Morgan fingerprint density at radius 3 is 1.21 bits per heavy atom. The molecule has 0 radical (unpaired) electrons. The van der Waals surface area contributed by atoms with Crippen LogP contribution in [0.4, 0.5) is 0 Å². The molecule has 131 heavy (non-hydrogen) atoms. The lowest BCUT2D eigenvalue weighted by atomic mass is 10.00. The summed E-state index contributed by atoms with van der Waals surface area (Å²) < 4.78 is 12.7. The molecule has 0 fully saturated rings. The zero-order valence-corrected chi connectivity index (χ0v) is 78.2. The summed E-state index contributed by atoms with van der Waals surface area (Å²) in [7, 11) is 9.46. The van der Waals surface area contributed by atoms with Gasteiger partial charge in [-0.15, -0.1) is 5.10 Å². The van der Waals surface area contributed by atoms with E-state index >= 15 is 0 Å². The zero-order valence-electron chi connectivity index (χ0n) is 78.2. The minimum absolute atomic E-state index is 0.406. The highest BCUT2D eigenvalue weighted by Crippen LogP contribution is 2.33. The number of nitrogens with one attached hydrogen (secondary N) is 1. The second-order valence-electron chi connectivity index (χ2n) is 34.7. The molecular weight excluding hydrogens is 1620 g/mol. The lowest BCUT2D eigenvalue weighted by Gasteiger charge is -2.08. The van der Waals surface area contributed by atoms with Crippen molar-refractivity contribution in [2.24, 2.45) is 43.6 Å². The van der Waals surface area contributed by atoms with Crippen molar-refractivity contribution in [2.75, 3.05) is 13.7 Å². The fourth-order valence-electron chi connectivity index (χ4n) is 14.9. The summed E-state index contributed by atoms with van der Waals surface area (Å²) in [6.45, 7) is 31.1. The Labute approximate surface area is 766 Å². The second-order valence-corrected chi connectivity index (χ2v) is 34.7. The van der Waals surface area contributed by atoms with Gasteiger partial charge in [-0.05, 0) is 231 Å². The second kappa shape index (κ2) is 42.7. The van der Waals surface area contributed by atoms with E-state index in [2.05, 4.69) is 339 Å². The Morgan fingerprint density at radius 1 is 0.305 bits per heavy atom. The van der Waals surface area contributed by atoms with Gasteiger partial charge < -0.3 is 4.74 Å². The lowest BCUT2D eigenvalue weighted by molar-refractivity contribution is 0.413. The van der Waals surface area contributed by atoms with Gasteiger partial charge in [0.15, 0.2) is 5.82 Å². The van der Waals surface area contributed by atoms with Crippen LogP contribution < -0.4 is 4.74 Å². The molecule has 0 spiro atoms. The van der Waals surface area contributed by atoms with Crippen molar-refractivity contribution in [3.63, 3.8) is 0 Å². The summed E-state index contributed by atoms with van der Waals surface area (Å²) in [5.74, 6) is 4.97. The number of ether oxygens (including phenoxy) is 1. The quantitative estimate of drug-likeness (QED) is 0.0942. The van der Waals surface area contributed by atoms with E-state index in [0.29, 0.717) is 48.0 Å². The molecule has 1 aliphatic rings. The Morgan fingerprint density at radius 2 is 0.718 bits per heavy atom. The van der Waals surface area contributed by atoms with Gasteiger partial charge in [-0.2, -0.15) is 30.6 Å². The highest BCUT2D eigenvalue weighted by atomic mass is 16.5. The summed E-state index contributed by atoms with van der Waals surface area (Å²) in [6.07, 6.45) is 27.9. The first-order chi connectivity index (χ1) is 63.3. The first-order valence-corrected chi connectivity index (χ1v) is 44.5. The van der Waals surface area contributed by atoms with Crippen molar-refractivity contribution in [3.8, 4) is 84.6 Å². The van der Waals surface area contributed by atoms with Crippen molar-refractivity contribution < 1.29 is 4.74 Å². The number of nitrogens with zero attached hydrogens (tertiary/aromatic N) is 21. The highest BCUT2D eigenvalue weighted by molar-refractivity contribution is 6.03. The number of hydrogen-bond acceptors (Lipinski definition) is 18. The van der Waals surface area contributed by atoms with Crippen molar-refractivity contribution in [1.82, 2.24) is 94.2 Å². The lowest BCUT2D eigenvalue weighted by Crippen LogP contribution is -2.01. The van der Waals surface area contributed by atoms with E-state index in [0.717, 1.165) is 150 Å². The molecule has 13 aromatic heterocycles. The molecule has 0 atom stereocenters. The first-order valence-electron chi connectivity index (χ1n) is 44.5. The van der Waals surface area contributed by atoms with Gasteiger partial charge in [0.2, 0.25) is 0 Å². The van der Waals surface area contributed by atoms with Crippen LogP contribution in [0, 0.1) is 0 Å². The van der Waals surface area contributed by atoms with Gasteiger partial charge in [-0.3, -0.25) is 58.7 Å². The molecule has 6 aromatic carbocycles. The summed E-state index contributed by atoms with van der Waals surface area (Å²) in [4.78, 5) is 39.7. The van der Waals surface area contributed by atoms with Gasteiger partial charge in [0.1, 0.15) is 12.3 Å². The maximum Gasteiger partial charge on any atom is 0.159 e. The minimum atomic E-state index is 0.406. The van der Waals surface area contributed by atoms with Crippen LogP contribution in [0.5, 0.6) is 5.75 Å². The molecule has 19 aromatic rings. The number of aromatic amines is 1. The van der Waals surface area contributed by atoms with Crippen LogP contribution in [0.15, 0.2) is 303 Å². The van der Waals surface area contributed by atoms with Gasteiger partial charge in [0, 0.05) is 161 Å². The molecule has 20 rings (SSSR count). The molecule has 0 unspecified atom stereocenters. The normalized spacial score (nSPS) is 11.6. The maximum absolute atomic E-state index is 5.16. The van der Waals surface area contributed by atoms with Crippen LogP contribution in [-0.2, 0) is 28.2 Å². The third-order valence-electron chi connectivity index (χ3n) is 23.0. The predicted octanol–water partition coefficient (Wildman–Crippen LogP) is 25.5. The van der Waals surface area contributed by atoms with E-state index in [1.807, 2.05) is 170 Å². The number of benzene rings is 6. The van der Waals surface area contributed by atoms with E-state index in [9.17, 15) is 0 Å². The third kappa shape index (κ3) is 23.3. The molecule has 23 heteroatoms. The number of fused-ring (bicyclic) bond motifs is 5. The molecule has 0 amide bonds. The fourth-order valence-corrected chi connectivity index (χ4v) is 14.9. The molecule has 0 aliphatic carbocycles. The maximum atomic E-state index is 5.16. The summed E-state index contributed by atoms with van der Waals surface area (Å²) in [5, 5.41) is 41.4. The van der Waals surface area contributed by atoms with E-state index in [1.165, 1.54) is 38.9 Å². The van der Waals surface area contributed by atoms with E-state index in [4.69, 9.17) is 4.74 Å². The van der Waals surface area contributed by atoms with Gasteiger partial charge in [0.25, 0.3) is 0 Å². The van der Waals surface area contributed by atoms with Crippen LogP contribution in [0.3, 0.4) is 0 Å². The SMILES string of the molecule is CC(C)c1ccnc(-c2ccc3[nH]ncc3c2)c1.CC(C)c1ccnc(-c2ccc3c(cnn3C)c2)c1.CC(C)c1ccnc(-c2ccc3c(cnn3C)c2)n1.CC(C)c1ccnc(-c2ccc3cnn(C)c3c2)c1.CC(C)c1ccnc(-c2cccc(C3=NN=NC3)c2)c1.CC(C)c1cncc(-c2ccc3c(cnn3C)c2)c1.COc1cncc(-c2cc(C(C)C)ccn2)c1. The van der Waals surface area contributed by atoms with Crippen molar-refractivity contribution in [3.05, 3.63) is 332 Å². The third-order valence-corrected chi connectivity index (χ3v) is 23.0. The van der Waals surface area contributed by atoms with Crippen LogP contribution in [0.25, 0.3) is 133 Å². The van der Waals surface area contributed by atoms with Crippen LogP contribution >= 0.6 is 0 Å². The summed E-state index contributed by atoms with van der Waals surface area (Å²) >= 11 is 0. The Balaban J connectivity index is 0.000000123. The smallest absolute Gasteiger partial charge is 0.159 e. The topological polar surface area (TPSA) is 262 Å². The Kier molecular flexibility index (Phi) is 30.0. The molecule has 1 N–H and O–H groups in total. The standard InChI is InChI=1S/C16H16N4.3C16H17N3.C15H16N4.C15H15N3.C14H16N2O/c1-11(2)12-6-7-17-15(9-12)13-4-3-5-14(8-13)16-10-18-20-19-16;1-11(2)13-7-14(9-17-8-13)12-4-5-16-15(6-12)10-18-19(16)3;1-11(2)12-6-7-17-15(9-12)13-4-5-16-14(8-13)10-18-19(16)3;1-11(2)12-6-7-17-15(8-12)13-4-5-14-10-18-19(3)16(14)9-13;1-10(2)13-6-7-16-15(18-13)11-4-5-14-12(8-11)9-17-19(14)3;1-10(2)11-5-6-16-15(8-11)12-3-4-14-13(7-12)9-17-18-14;1-10(2)11-4-5-16-14(7-11)12-6-13(17-3)9-15-8-12/h3-9,11H,10H2,1-2H3;3*4-11H,1-3H3;4-10H,1-3H3;3-10H,1-2H3,(H,17,18);4-10H,1-3H3. The number of aromatic nitrogens is 19. The average molecular weight is 1740 g/mol. The number of hydrogen-bond donors (Lipinski definition) is 1. The van der Waals surface area contributed by atoms with Crippen molar-refractivity contribution in [1.29, 1.82) is 0 Å². The molecular formula is C108H114N22O. The Hall–Kier alpha value is -15.1. The van der Waals surface area contributed by atoms with Crippen molar-refractivity contribution in [2.45, 2.75) is 138 Å². The predicted molar refractivity (Wildman–Crippen MR) is 531 cm³/mol. The zero-order chi connectivity index (χ0) is 92.4. The summed E-state index contributed by atoms with van der Waals surface area (Å²) in [5.41, 5.74) is 30.3. The van der Waals surface area contributed by atoms with Crippen LogP contribution in [0.1, 0.15) is 183 Å². The van der Waals surface area contributed by atoms with Gasteiger partial charge >= 0.3 is 0 Å². The molecule has 0 saturated carbocycles. The number of methoxy groups -OCH3 is 1. The molecule has 23 nitrogen and oxygen atoms in total. The highest BCUT2D eigenvalue weighted by Gasteiger charge is 2.16. The first kappa shape index (κ1) is 92.1. The number of aryl methyl sites for hydroxylation is 4. The van der Waals surface area contributed by atoms with E-state index < -0.39 is 0 Å². The fraction of sp³-hybridized carbons (Fsp3) is 0.250. The number of rotatable bonds is 16. The minimum Gasteiger partial charge on any atom is -0.495 e. The van der Waals surface area contributed by atoms with E-state index in [-0.39, 0.29) is 0 Å². The molecule has 1 aliphatic heterocycles. The molecule has 14 heterocycles. The number of pyridine rings is 7. The van der Waals surface area contributed by atoms with Crippen LogP contribution in [0.2, 0.25) is 0 Å². The summed E-state index contributed by atoms with van der Waals surface area (Å²) in [6, 6.07) is 67.0. The van der Waals surface area contributed by atoms with Crippen molar-refractivity contribution >= 4 is 60.2 Å². The van der Waals surface area contributed by atoms with E-state index in [1.54, 1.807) is 19.5 Å².